The lowest BCUT2D eigenvalue weighted by molar-refractivity contribution is -0.117. The Morgan fingerprint density at radius 3 is 2.25 bits per heavy atom. The lowest BCUT2D eigenvalue weighted by Gasteiger charge is -2.28. The summed E-state index contributed by atoms with van der Waals surface area (Å²) in [5, 5.41) is 5.80. The topological polar surface area (TPSA) is 117 Å². The van der Waals surface area contributed by atoms with E-state index in [2.05, 4.69) is 36.7 Å². The van der Waals surface area contributed by atoms with Crippen molar-refractivity contribution in [3.8, 4) is 0 Å². The summed E-state index contributed by atoms with van der Waals surface area (Å²) in [6.07, 6.45) is 1.39. The molecule has 3 N–H and O–H groups in total. The molecule has 0 fully saturated rings. The number of carbonyl (C=O) groups is 4. The van der Waals surface area contributed by atoms with Gasteiger partial charge in [0, 0.05) is 15.7 Å². The SMILES string of the molecule is COC(=O)c1ccc(CCC(C)(C)NC(=O)N(C=O)NC(=O)Nc2ccc(Br)cc2)cc1. The normalized spacial score (nSPS) is 10.6. The van der Waals surface area contributed by atoms with E-state index < -0.39 is 23.6 Å². The summed E-state index contributed by atoms with van der Waals surface area (Å²) >= 11 is 3.30. The van der Waals surface area contributed by atoms with E-state index in [4.69, 9.17) is 0 Å². The number of amides is 5. The van der Waals surface area contributed by atoms with Crippen molar-refractivity contribution in [2.45, 2.75) is 32.2 Å². The zero-order valence-corrected chi connectivity index (χ0v) is 19.6. The van der Waals surface area contributed by atoms with Crippen LogP contribution in [-0.4, -0.2) is 42.1 Å². The summed E-state index contributed by atoms with van der Waals surface area (Å²) in [5.41, 5.74) is 3.44. The molecule has 0 atom stereocenters. The first-order chi connectivity index (χ1) is 15.1. The van der Waals surface area contributed by atoms with Crippen LogP contribution in [0.1, 0.15) is 36.2 Å². The molecule has 170 valence electrons. The predicted octanol–water partition coefficient (Wildman–Crippen LogP) is 3.85. The average Bonchev–Trinajstić information content (AvgIpc) is 2.77. The fourth-order valence-corrected chi connectivity index (χ4v) is 2.99. The van der Waals surface area contributed by atoms with Gasteiger partial charge < -0.3 is 15.4 Å². The Labute approximate surface area is 194 Å². The third kappa shape index (κ3) is 7.69. The largest absolute Gasteiger partial charge is 0.465 e. The minimum Gasteiger partial charge on any atom is -0.465 e. The second kappa shape index (κ2) is 11.3. The first kappa shape index (κ1) is 24.9. The molecule has 0 unspecified atom stereocenters. The molecule has 2 rings (SSSR count). The van der Waals surface area contributed by atoms with E-state index in [-0.39, 0.29) is 6.41 Å². The van der Waals surface area contributed by atoms with E-state index in [1.165, 1.54) is 7.11 Å². The Hall–Kier alpha value is -3.40. The molecule has 0 aliphatic heterocycles. The number of anilines is 1. The number of carbonyl (C=O) groups excluding carboxylic acids is 4. The third-order valence-corrected chi connectivity index (χ3v) is 5.04. The molecule has 32 heavy (non-hydrogen) atoms. The lowest BCUT2D eigenvalue weighted by Crippen LogP contribution is -2.56. The standard InChI is InChI=1S/C22H25BrN4O5/c1-22(2,13-12-15-4-6-16(7-5-15)19(29)32-3)25-21(31)27(14-28)26-20(30)24-18-10-8-17(23)9-11-18/h4-11,14H,12-13H2,1-3H3,(H,25,31)(H2,24,26,30). The highest BCUT2D eigenvalue weighted by atomic mass is 79.9. The van der Waals surface area contributed by atoms with Gasteiger partial charge in [0.15, 0.2) is 0 Å². The molecular formula is C22H25BrN4O5. The Bertz CT molecular complexity index is 961. The van der Waals surface area contributed by atoms with Crippen molar-refractivity contribution in [2.75, 3.05) is 12.4 Å². The van der Waals surface area contributed by atoms with Gasteiger partial charge in [-0.1, -0.05) is 28.1 Å². The maximum absolute atomic E-state index is 12.5. The number of hydrogen-bond acceptors (Lipinski definition) is 5. The fraction of sp³-hybridized carbons (Fsp3) is 0.273. The van der Waals surface area contributed by atoms with E-state index >= 15 is 0 Å². The highest BCUT2D eigenvalue weighted by Crippen LogP contribution is 2.16. The molecule has 0 aliphatic carbocycles. The molecule has 0 radical (unpaired) electrons. The molecule has 0 spiro atoms. The Balaban J connectivity index is 1.88. The molecule has 0 bridgehead atoms. The molecule has 2 aromatic carbocycles. The van der Waals surface area contributed by atoms with Crippen LogP contribution in [0.3, 0.4) is 0 Å². The zero-order valence-electron chi connectivity index (χ0n) is 18.0. The van der Waals surface area contributed by atoms with E-state index in [0.29, 0.717) is 29.1 Å². The van der Waals surface area contributed by atoms with Gasteiger partial charge in [-0.2, -0.15) is 5.01 Å². The van der Waals surface area contributed by atoms with Crippen LogP contribution in [0.4, 0.5) is 15.3 Å². The summed E-state index contributed by atoms with van der Waals surface area (Å²) in [5.74, 6) is -0.408. The average molecular weight is 505 g/mol. The van der Waals surface area contributed by atoms with Crippen LogP contribution in [0.2, 0.25) is 0 Å². The Morgan fingerprint density at radius 1 is 1.06 bits per heavy atom. The quantitative estimate of drug-likeness (QED) is 0.300. The highest BCUT2D eigenvalue weighted by Gasteiger charge is 2.25. The Morgan fingerprint density at radius 2 is 1.69 bits per heavy atom. The molecule has 9 nitrogen and oxygen atoms in total. The number of ether oxygens (including phenoxy) is 1. The van der Waals surface area contributed by atoms with Crippen LogP contribution < -0.4 is 16.1 Å². The number of halogens is 1. The number of benzene rings is 2. The lowest BCUT2D eigenvalue weighted by atomic mass is 9.95. The van der Waals surface area contributed by atoms with Gasteiger partial charge in [-0.25, -0.2) is 19.8 Å². The van der Waals surface area contributed by atoms with Crippen LogP contribution in [0.25, 0.3) is 0 Å². The summed E-state index contributed by atoms with van der Waals surface area (Å²) in [6, 6.07) is 12.3. The number of urea groups is 2. The van der Waals surface area contributed by atoms with Crippen LogP contribution in [0.15, 0.2) is 53.0 Å². The number of esters is 1. The van der Waals surface area contributed by atoms with E-state index in [0.717, 1.165) is 10.0 Å². The maximum Gasteiger partial charge on any atom is 0.343 e. The summed E-state index contributed by atoms with van der Waals surface area (Å²) in [7, 11) is 1.32. The number of methoxy groups -OCH3 is 1. The summed E-state index contributed by atoms with van der Waals surface area (Å²) < 4.78 is 5.52. The second-order valence-electron chi connectivity index (χ2n) is 7.55. The van der Waals surface area contributed by atoms with Crippen molar-refractivity contribution in [1.82, 2.24) is 15.8 Å². The van der Waals surface area contributed by atoms with Gasteiger partial charge in [-0.3, -0.25) is 4.79 Å². The molecule has 10 heteroatoms. The predicted molar refractivity (Wildman–Crippen MR) is 123 cm³/mol. The van der Waals surface area contributed by atoms with Gasteiger partial charge in [0.2, 0.25) is 6.41 Å². The van der Waals surface area contributed by atoms with E-state index in [1.54, 1.807) is 50.2 Å². The number of nitrogens with zero attached hydrogens (tertiary/aromatic N) is 1. The van der Waals surface area contributed by atoms with Crippen molar-refractivity contribution >= 4 is 46.1 Å². The van der Waals surface area contributed by atoms with Gasteiger partial charge in [0.1, 0.15) is 0 Å². The van der Waals surface area contributed by atoms with Crippen molar-refractivity contribution < 1.29 is 23.9 Å². The zero-order chi connectivity index (χ0) is 23.7. The van der Waals surface area contributed by atoms with Gasteiger partial charge in [-0.15, -0.1) is 0 Å². The number of hydrazine groups is 1. The van der Waals surface area contributed by atoms with Crippen molar-refractivity contribution in [2.24, 2.45) is 0 Å². The first-order valence-electron chi connectivity index (χ1n) is 9.70. The summed E-state index contributed by atoms with van der Waals surface area (Å²) in [4.78, 5) is 47.4. The molecule has 0 saturated carbocycles. The summed E-state index contributed by atoms with van der Waals surface area (Å²) in [6.45, 7) is 3.61. The van der Waals surface area contributed by atoms with Gasteiger partial charge in [0.25, 0.3) is 0 Å². The molecule has 0 aliphatic rings. The second-order valence-corrected chi connectivity index (χ2v) is 8.47. The number of aryl methyl sites for hydroxylation is 1. The Kier molecular flexibility index (Phi) is 8.77. The fourth-order valence-electron chi connectivity index (χ4n) is 2.72. The molecule has 0 heterocycles. The molecular weight excluding hydrogens is 480 g/mol. The van der Waals surface area contributed by atoms with Crippen molar-refractivity contribution in [3.63, 3.8) is 0 Å². The van der Waals surface area contributed by atoms with Crippen LogP contribution in [-0.2, 0) is 16.0 Å². The van der Waals surface area contributed by atoms with Gasteiger partial charge >= 0.3 is 18.0 Å². The number of hydrogen-bond donors (Lipinski definition) is 3. The minimum absolute atomic E-state index is 0.220. The van der Waals surface area contributed by atoms with Gasteiger partial charge in [-0.05, 0) is 68.7 Å². The van der Waals surface area contributed by atoms with Crippen molar-refractivity contribution in [1.29, 1.82) is 0 Å². The van der Waals surface area contributed by atoms with Crippen molar-refractivity contribution in [3.05, 3.63) is 64.1 Å². The molecule has 5 amide bonds. The highest BCUT2D eigenvalue weighted by molar-refractivity contribution is 9.10. The molecule has 0 aromatic heterocycles. The van der Waals surface area contributed by atoms with E-state index in [9.17, 15) is 19.2 Å². The maximum atomic E-state index is 12.5. The third-order valence-electron chi connectivity index (χ3n) is 4.51. The number of imide groups is 1. The first-order valence-corrected chi connectivity index (χ1v) is 10.5. The van der Waals surface area contributed by atoms with Gasteiger partial charge in [0.05, 0.1) is 12.7 Å². The molecule has 2 aromatic rings. The minimum atomic E-state index is -0.767. The number of rotatable bonds is 7. The molecule has 0 saturated heterocycles. The van der Waals surface area contributed by atoms with Crippen LogP contribution in [0.5, 0.6) is 0 Å². The van der Waals surface area contributed by atoms with Crippen LogP contribution >= 0.6 is 15.9 Å². The van der Waals surface area contributed by atoms with E-state index in [1.807, 2.05) is 12.1 Å². The monoisotopic (exact) mass is 504 g/mol. The van der Waals surface area contributed by atoms with Crippen LogP contribution in [0, 0.1) is 0 Å². The smallest absolute Gasteiger partial charge is 0.343 e. The number of nitrogens with one attached hydrogen (secondary N) is 3.